The first kappa shape index (κ1) is 18.6. The number of carbonyl (C=O) groups excluding carboxylic acids is 1. The Balaban J connectivity index is 1.33. The van der Waals surface area contributed by atoms with Gasteiger partial charge in [-0.25, -0.2) is 0 Å². The summed E-state index contributed by atoms with van der Waals surface area (Å²) in [5.74, 6) is 0.0939. The van der Waals surface area contributed by atoms with Gasteiger partial charge in [0.15, 0.2) is 0 Å². The molecule has 1 N–H and O–H groups in total. The van der Waals surface area contributed by atoms with E-state index in [9.17, 15) is 4.79 Å². The minimum atomic E-state index is 0.0939. The van der Waals surface area contributed by atoms with Crippen molar-refractivity contribution < 1.29 is 4.79 Å². The molecule has 0 radical (unpaired) electrons. The zero-order valence-electron chi connectivity index (χ0n) is 17.1. The standard InChI is InChI=1S/C24H27N3OS/c1-16-21(15-27-14-19(13-25-27)18-7-4-3-5-8-18)22(17(2)29-16)23(28)26-20-11-24(12-20)9-6-10-24/h3-5,7-8,13-14,20H,6,9-12,15H2,1-2H3,(H,26,28). The van der Waals surface area contributed by atoms with Gasteiger partial charge >= 0.3 is 0 Å². The summed E-state index contributed by atoms with van der Waals surface area (Å²) in [7, 11) is 0. The average molecular weight is 406 g/mol. The predicted molar refractivity (Wildman–Crippen MR) is 117 cm³/mol. The van der Waals surface area contributed by atoms with Gasteiger partial charge in [-0.1, -0.05) is 36.8 Å². The van der Waals surface area contributed by atoms with Crippen molar-refractivity contribution in [1.82, 2.24) is 15.1 Å². The minimum Gasteiger partial charge on any atom is -0.349 e. The Labute approximate surface area is 176 Å². The van der Waals surface area contributed by atoms with Gasteiger partial charge in [0.2, 0.25) is 0 Å². The van der Waals surface area contributed by atoms with Crippen molar-refractivity contribution in [3.05, 3.63) is 63.6 Å². The molecule has 4 nitrogen and oxygen atoms in total. The fraction of sp³-hybridized carbons (Fsp3) is 0.417. The topological polar surface area (TPSA) is 46.9 Å². The largest absolute Gasteiger partial charge is 0.349 e. The van der Waals surface area contributed by atoms with Crippen molar-refractivity contribution in [3.8, 4) is 11.1 Å². The first-order valence-corrected chi connectivity index (χ1v) is 11.3. The van der Waals surface area contributed by atoms with E-state index in [0.717, 1.165) is 40.0 Å². The molecule has 1 aromatic carbocycles. The number of amides is 1. The quantitative estimate of drug-likeness (QED) is 0.623. The summed E-state index contributed by atoms with van der Waals surface area (Å²) in [5.41, 5.74) is 4.79. The lowest BCUT2D eigenvalue weighted by atomic mass is 9.54. The molecule has 0 saturated heterocycles. The summed E-state index contributed by atoms with van der Waals surface area (Å²) >= 11 is 1.71. The third-order valence-electron chi connectivity index (χ3n) is 6.78. The second kappa shape index (κ2) is 7.13. The first-order valence-electron chi connectivity index (χ1n) is 10.5. The van der Waals surface area contributed by atoms with E-state index in [1.807, 2.05) is 29.1 Å². The maximum Gasteiger partial charge on any atom is 0.252 e. The van der Waals surface area contributed by atoms with Gasteiger partial charge in [0, 0.05) is 33.1 Å². The molecule has 2 saturated carbocycles. The van der Waals surface area contributed by atoms with E-state index < -0.39 is 0 Å². The van der Waals surface area contributed by atoms with E-state index in [1.165, 1.54) is 24.1 Å². The highest BCUT2D eigenvalue weighted by atomic mass is 32.1. The van der Waals surface area contributed by atoms with Crippen LogP contribution in [0.3, 0.4) is 0 Å². The molecule has 0 atom stereocenters. The number of aryl methyl sites for hydroxylation is 2. The molecule has 0 unspecified atom stereocenters. The van der Waals surface area contributed by atoms with E-state index in [1.54, 1.807) is 11.3 Å². The highest BCUT2D eigenvalue weighted by Crippen LogP contribution is 2.55. The van der Waals surface area contributed by atoms with Gasteiger partial charge in [0.25, 0.3) is 5.91 Å². The molecule has 2 fully saturated rings. The molecule has 2 heterocycles. The van der Waals surface area contributed by atoms with E-state index in [0.29, 0.717) is 18.0 Å². The number of rotatable bonds is 5. The monoisotopic (exact) mass is 405 g/mol. The molecule has 1 amide bonds. The number of benzene rings is 1. The van der Waals surface area contributed by atoms with Gasteiger partial charge in [0.05, 0.1) is 18.3 Å². The van der Waals surface area contributed by atoms with Crippen molar-refractivity contribution in [2.24, 2.45) is 5.41 Å². The van der Waals surface area contributed by atoms with Crippen LogP contribution in [0.2, 0.25) is 0 Å². The molecule has 2 aromatic heterocycles. The van der Waals surface area contributed by atoms with Crippen LogP contribution in [0.4, 0.5) is 0 Å². The van der Waals surface area contributed by atoms with Crippen LogP contribution in [-0.4, -0.2) is 21.7 Å². The Morgan fingerprint density at radius 3 is 2.62 bits per heavy atom. The summed E-state index contributed by atoms with van der Waals surface area (Å²) in [6, 6.07) is 10.6. The van der Waals surface area contributed by atoms with Gasteiger partial charge in [0.1, 0.15) is 0 Å². The molecule has 3 aromatic rings. The molecule has 0 bridgehead atoms. The van der Waals surface area contributed by atoms with Crippen LogP contribution in [0.1, 0.15) is 57.8 Å². The SMILES string of the molecule is Cc1sc(C)c(C(=O)NC2CC3(CCC3)C2)c1Cn1cc(-c2ccccc2)cn1. The van der Waals surface area contributed by atoms with Crippen molar-refractivity contribution in [2.75, 3.05) is 0 Å². The molecule has 2 aliphatic rings. The van der Waals surface area contributed by atoms with Crippen molar-refractivity contribution in [1.29, 1.82) is 0 Å². The summed E-state index contributed by atoms with van der Waals surface area (Å²) < 4.78 is 1.94. The number of carbonyl (C=O) groups is 1. The fourth-order valence-electron chi connectivity index (χ4n) is 5.04. The van der Waals surface area contributed by atoms with Crippen LogP contribution in [0, 0.1) is 19.3 Å². The van der Waals surface area contributed by atoms with Gasteiger partial charge in [-0.2, -0.15) is 5.10 Å². The predicted octanol–water partition coefficient (Wildman–Crippen LogP) is 5.34. The zero-order valence-corrected chi connectivity index (χ0v) is 17.9. The summed E-state index contributed by atoms with van der Waals surface area (Å²) in [5, 5.41) is 7.86. The third kappa shape index (κ3) is 3.42. The maximum atomic E-state index is 13.1. The average Bonchev–Trinajstić information content (AvgIpc) is 3.22. The molecule has 5 rings (SSSR count). The van der Waals surface area contributed by atoms with Crippen molar-refractivity contribution >= 4 is 17.2 Å². The highest BCUT2D eigenvalue weighted by molar-refractivity contribution is 7.12. The van der Waals surface area contributed by atoms with Gasteiger partial charge < -0.3 is 5.32 Å². The van der Waals surface area contributed by atoms with Gasteiger partial charge in [-0.15, -0.1) is 11.3 Å². The second-order valence-electron chi connectivity index (χ2n) is 8.79. The second-order valence-corrected chi connectivity index (χ2v) is 10.2. The van der Waals surface area contributed by atoms with Crippen LogP contribution in [0.25, 0.3) is 11.1 Å². The van der Waals surface area contributed by atoms with E-state index >= 15 is 0 Å². The van der Waals surface area contributed by atoms with Crippen LogP contribution >= 0.6 is 11.3 Å². The number of hydrogen-bond donors (Lipinski definition) is 1. The number of nitrogens with one attached hydrogen (secondary N) is 1. The van der Waals surface area contributed by atoms with Crippen molar-refractivity contribution in [3.63, 3.8) is 0 Å². The summed E-state index contributed by atoms with van der Waals surface area (Å²) in [6.07, 6.45) is 10.4. The molecule has 5 heteroatoms. The normalized spacial score (nSPS) is 17.7. The molecule has 1 spiro atoms. The van der Waals surface area contributed by atoms with E-state index in [4.69, 9.17) is 0 Å². The third-order valence-corrected chi connectivity index (χ3v) is 7.84. The molecule has 0 aliphatic heterocycles. The number of nitrogens with zero attached hydrogens (tertiary/aromatic N) is 2. The van der Waals surface area contributed by atoms with Crippen LogP contribution in [-0.2, 0) is 6.54 Å². The van der Waals surface area contributed by atoms with Crippen LogP contribution in [0.15, 0.2) is 42.7 Å². The van der Waals surface area contributed by atoms with Crippen LogP contribution in [0.5, 0.6) is 0 Å². The molecule has 29 heavy (non-hydrogen) atoms. The zero-order chi connectivity index (χ0) is 20.0. The molecular weight excluding hydrogens is 378 g/mol. The smallest absolute Gasteiger partial charge is 0.252 e. The molecule has 2 aliphatic carbocycles. The van der Waals surface area contributed by atoms with E-state index in [-0.39, 0.29) is 5.91 Å². The fourth-order valence-corrected chi connectivity index (χ4v) is 6.11. The summed E-state index contributed by atoms with van der Waals surface area (Å²) in [4.78, 5) is 15.4. The number of aromatic nitrogens is 2. The first-order chi connectivity index (χ1) is 14.0. The lowest BCUT2D eigenvalue weighted by Crippen LogP contribution is -2.53. The van der Waals surface area contributed by atoms with Gasteiger partial charge in [-0.3, -0.25) is 9.48 Å². The Hall–Kier alpha value is -2.40. The summed E-state index contributed by atoms with van der Waals surface area (Å²) in [6.45, 7) is 4.79. The van der Waals surface area contributed by atoms with Gasteiger partial charge in [-0.05, 0) is 50.5 Å². The minimum absolute atomic E-state index is 0.0939. The van der Waals surface area contributed by atoms with Crippen LogP contribution < -0.4 is 5.32 Å². The Morgan fingerprint density at radius 1 is 1.17 bits per heavy atom. The molecule has 150 valence electrons. The van der Waals surface area contributed by atoms with E-state index in [2.05, 4.69) is 42.6 Å². The Morgan fingerprint density at radius 2 is 1.93 bits per heavy atom. The Bertz CT molecular complexity index is 1040. The lowest BCUT2D eigenvalue weighted by molar-refractivity contribution is -0.000639. The number of thiophene rings is 1. The maximum absolute atomic E-state index is 13.1. The molecular formula is C24H27N3OS. The lowest BCUT2D eigenvalue weighted by Gasteiger charge is -2.54. The number of hydrogen-bond acceptors (Lipinski definition) is 3. The Kier molecular flexibility index (Phi) is 4.58. The van der Waals surface area contributed by atoms with Crippen molar-refractivity contribution in [2.45, 2.75) is 58.5 Å². The highest BCUT2D eigenvalue weighted by Gasteiger charge is 2.48.